The van der Waals surface area contributed by atoms with Gasteiger partial charge in [-0.1, -0.05) is 0 Å². The van der Waals surface area contributed by atoms with E-state index in [9.17, 15) is 15.0 Å². The van der Waals surface area contributed by atoms with Crippen LogP contribution in [-0.2, 0) is 15.4 Å². The van der Waals surface area contributed by atoms with E-state index in [4.69, 9.17) is 15.2 Å². The number of hydrogen-bond acceptors (Lipinski definition) is 7. The molecule has 4 N–H and O–H groups in total. The highest BCUT2D eigenvalue weighted by molar-refractivity contribution is 9.10. The first kappa shape index (κ1) is 21.6. The number of rotatable bonds is 4. The Morgan fingerprint density at radius 3 is 2.28 bits per heavy atom. The van der Waals surface area contributed by atoms with Gasteiger partial charge < -0.3 is 30.2 Å². The predicted molar refractivity (Wildman–Crippen MR) is 93.8 cm³/mol. The van der Waals surface area contributed by atoms with Gasteiger partial charge in [0.2, 0.25) is 0 Å². The predicted octanol–water partition coefficient (Wildman–Crippen LogP) is 2.40. The van der Waals surface area contributed by atoms with Crippen molar-refractivity contribution >= 4 is 22.0 Å². The molecule has 0 aromatic carbocycles. The van der Waals surface area contributed by atoms with E-state index < -0.39 is 17.7 Å². The zero-order valence-electron chi connectivity index (χ0n) is 14.8. The smallest absolute Gasteiger partial charge is 0.405 e. The van der Waals surface area contributed by atoms with Crippen LogP contribution in [0.2, 0.25) is 0 Å². The molecule has 1 aliphatic rings. The summed E-state index contributed by atoms with van der Waals surface area (Å²) < 4.78 is 15.4. The highest BCUT2D eigenvalue weighted by Gasteiger charge is 2.35. The Hall–Kier alpha value is -1.42. The molecule has 1 aromatic rings. The van der Waals surface area contributed by atoms with Gasteiger partial charge in [0.15, 0.2) is 5.75 Å². The van der Waals surface area contributed by atoms with Crippen molar-refractivity contribution < 1.29 is 29.2 Å². The third-order valence-corrected chi connectivity index (χ3v) is 3.78. The number of pyridine rings is 1. The second-order valence-electron chi connectivity index (χ2n) is 6.52. The summed E-state index contributed by atoms with van der Waals surface area (Å²) in [5.74, 6) is -1.83. The normalized spacial score (nSPS) is 14.8. The Labute approximate surface area is 155 Å². The van der Waals surface area contributed by atoms with Crippen LogP contribution in [0.25, 0.3) is 0 Å². The second-order valence-corrected chi connectivity index (χ2v) is 7.37. The number of halogens is 1. The van der Waals surface area contributed by atoms with Crippen molar-refractivity contribution in [1.82, 2.24) is 4.98 Å². The minimum atomic E-state index is -2.35. The fourth-order valence-corrected chi connectivity index (χ4v) is 2.31. The average Bonchev–Trinajstić information content (AvgIpc) is 2.41. The number of aliphatic hydroxyl groups is 2. The molecule has 1 aliphatic carbocycles. The number of methoxy groups -OCH3 is 1. The summed E-state index contributed by atoms with van der Waals surface area (Å²) in [6.07, 6.45) is 3.33. The van der Waals surface area contributed by atoms with Crippen molar-refractivity contribution in [3.8, 4) is 5.75 Å². The average molecular weight is 421 g/mol. The van der Waals surface area contributed by atoms with E-state index in [1.54, 1.807) is 20.8 Å². The molecule has 8 nitrogen and oxygen atoms in total. The van der Waals surface area contributed by atoms with Crippen LogP contribution in [0.1, 0.15) is 45.7 Å². The summed E-state index contributed by atoms with van der Waals surface area (Å²) in [6.45, 7) is 5.28. The van der Waals surface area contributed by atoms with E-state index in [-0.39, 0.29) is 11.8 Å². The third-order valence-electron chi connectivity index (χ3n) is 3.16. The van der Waals surface area contributed by atoms with Gasteiger partial charge >= 0.3 is 12.1 Å². The van der Waals surface area contributed by atoms with Gasteiger partial charge in [-0.05, 0) is 62.0 Å². The van der Waals surface area contributed by atoms with Crippen molar-refractivity contribution in [3.05, 3.63) is 22.4 Å². The van der Waals surface area contributed by atoms with Gasteiger partial charge in [0, 0.05) is 0 Å². The summed E-state index contributed by atoms with van der Waals surface area (Å²) in [5.41, 5.74) is 4.30. The van der Waals surface area contributed by atoms with E-state index in [0.717, 1.165) is 19.3 Å². The number of aromatic nitrogens is 1. The molecule has 0 unspecified atom stereocenters. The summed E-state index contributed by atoms with van der Waals surface area (Å²) in [7, 11) is 1.51. The van der Waals surface area contributed by atoms with Gasteiger partial charge in [-0.2, -0.15) is 0 Å². The van der Waals surface area contributed by atoms with E-state index in [1.165, 1.54) is 19.4 Å². The SMILES string of the molecule is CC(C)(C)OC(N)=O.COc1cnc(C(O)(O)OC2CCC2)cc1Br. The van der Waals surface area contributed by atoms with Crippen LogP contribution in [0.15, 0.2) is 16.7 Å². The highest BCUT2D eigenvalue weighted by atomic mass is 79.9. The molecule has 0 radical (unpaired) electrons. The lowest BCUT2D eigenvalue weighted by Crippen LogP contribution is -2.37. The molecule has 1 fully saturated rings. The first-order chi connectivity index (χ1) is 11.4. The molecule has 1 heterocycles. The molecular weight excluding hydrogens is 396 g/mol. The number of hydrogen-bond donors (Lipinski definition) is 3. The fourth-order valence-electron chi connectivity index (χ4n) is 1.83. The van der Waals surface area contributed by atoms with Gasteiger partial charge in [0.1, 0.15) is 11.3 Å². The Morgan fingerprint density at radius 1 is 1.36 bits per heavy atom. The molecule has 9 heteroatoms. The largest absolute Gasteiger partial charge is 0.494 e. The minimum absolute atomic E-state index is 0.0390. The number of ether oxygens (including phenoxy) is 3. The molecule has 2 rings (SSSR count). The van der Waals surface area contributed by atoms with Crippen molar-refractivity contribution in [2.45, 2.75) is 57.7 Å². The lowest BCUT2D eigenvalue weighted by molar-refractivity contribution is -0.375. The topological polar surface area (TPSA) is 124 Å². The lowest BCUT2D eigenvalue weighted by atomic mass is 9.96. The molecule has 0 aliphatic heterocycles. The first-order valence-corrected chi connectivity index (χ1v) is 8.55. The molecule has 1 aromatic heterocycles. The van der Waals surface area contributed by atoms with Gasteiger partial charge in [-0.15, -0.1) is 0 Å². The van der Waals surface area contributed by atoms with Gasteiger partial charge in [0.05, 0.1) is 23.9 Å². The Morgan fingerprint density at radius 2 is 1.96 bits per heavy atom. The zero-order valence-corrected chi connectivity index (χ0v) is 16.4. The van der Waals surface area contributed by atoms with Crippen LogP contribution in [0.5, 0.6) is 5.75 Å². The Bertz CT molecular complexity index is 584. The van der Waals surface area contributed by atoms with Crippen LogP contribution >= 0.6 is 15.9 Å². The number of primary amides is 1. The number of carbonyl (C=O) groups is 1. The monoisotopic (exact) mass is 420 g/mol. The van der Waals surface area contributed by atoms with Crippen LogP contribution in [0.3, 0.4) is 0 Å². The van der Waals surface area contributed by atoms with E-state index in [0.29, 0.717) is 10.2 Å². The van der Waals surface area contributed by atoms with Crippen molar-refractivity contribution in [2.24, 2.45) is 5.73 Å². The summed E-state index contributed by atoms with van der Waals surface area (Å²) >= 11 is 3.25. The third kappa shape index (κ3) is 7.55. The van der Waals surface area contributed by atoms with Gasteiger partial charge in [-0.25, -0.2) is 9.78 Å². The fraction of sp³-hybridized carbons (Fsp3) is 0.625. The summed E-state index contributed by atoms with van der Waals surface area (Å²) in [5, 5.41) is 19.6. The van der Waals surface area contributed by atoms with Crippen molar-refractivity contribution in [1.29, 1.82) is 0 Å². The maximum atomic E-state index is 10.0. The van der Waals surface area contributed by atoms with Crippen LogP contribution < -0.4 is 10.5 Å². The highest BCUT2D eigenvalue weighted by Crippen LogP contribution is 2.32. The molecule has 1 saturated carbocycles. The van der Waals surface area contributed by atoms with E-state index >= 15 is 0 Å². The molecule has 0 bridgehead atoms. The summed E-state index contributed by atoms with van der Waals surface area (Å²) in [4.78, 5) is 13.9. The molecular formula is C16H25BrN2O6. The molecule has 1 amide bonds. The number of nitrogens with two attached hydrogens (primary N) is 1. The maximum Gasteiger partial charge on any atom is 0.405 e. The maximum absolute atomic E-state index is 10.0. The molecule has 142 valence electrons. The summed E-state index contributed by atoms with van der Waals surface area (Å²) in [6, 6.07) is 1.47. The van der Waals surface area contributed by atoms with E-state index in [1.807, 2.05) is 0 Å². The molecule has 0 spiro atoms. The van der Waals surface area contributed by atoms with E-state index in [2.05, 4.69) is 25.7 Å². The zero-order chi connectivity index (χ0) is 19.3. The number of nitrogens with zero attached hydrogens (tertiary/aromatic N) is 1. The van der Waals surface area contributed by atoms with Gasteiger partial charge in [-0.3, -0.25) is 0 Å². The number of amides is 1. The van der Waals surface area contributed by atoms with Crippen molar-refractivity contribution in [3.63, 3.8) is 0 Å². The quantitative estimate of drug-likeness (QED) is 0.638. The first-order valence-electron chi connectivity index (χ1n) is 7.75. The Balaban J connectivity index is 0.000000333. The standard InChI is InChI=1S/C11H14BrNO4.C5H11NO2/c1-16-9-6-13-10(5-8(9)12)11(14,15)17-7-3-2-4-7;1-5(2,3)8-4(6)7/h5-7,14-15H,2-4H2,1H3;1-3H3,(H2,6,7). The minimum Gasteiger partial charge on any atom is -0.494 e. The van der Waals surface area contributed by atoms with Crippen LogP contribution in [0, 0.1) is 0 Å². The van der Waals surface area contributed by atoms with Crippen molar-refractivity contribution in [2.75, 3.05) is 7.11 Å². The second kappa shape index (κ2) is 8.79. The van der Waals surface area contributed by atoms with Gasteiger partial charge in [0.25, 0.3) is 0 Å². The van der Waals surface area contributed by atoms with Crippen LogP contribution in [-0.4, -0.2) is 40.1 Å². The Kier molecular flexibility index (Phi) is 7.61. The molecule has 25 heavy (non-hydrogen) atoms. The lowest BCUT2D eigenvalue weighted by Gasteiger charge is -2.32. The molecule has 0 saturated heterocycles. The number of carbonyl (C=O) groups excluding carboxylic acids is 1. The molecule has 0 atom stereocenters. The van der Waals surface area contributed by atoms with Crippen LogP contribution in [0.4, 0.5) is 4.79 Å².